The lowest BCUT2D eigenvalue weighted by Gasteiger charge is -2.33. The molecule has 8 heteroatoms. The van der Waals surface area contributed by atoms with Crippen LogP contribution in [0.4, 0.5) is 10.1 Å². The van der Waals surface area contributed by atoms with Crippen molar-refractivity contribution >= 4 is 17.5 Å². The van der Waals surface area contributed by atoms with Gasteiger partial charge >= 0.3 is 0 Å². The van der Waals surface area contributed by atoms with Gasteiger partial charge in [-0.25, -0.2) is 4.39 Å². The number of amides is 2. The molecule has 0 aliphatic carbocycles. The summed E-state index contributed by atoms with van der Waals surface area (Å²) in [6.07, 6.45) is 5.04. The standard InChI is InChI=1S/C25H25FN4O3/c1-17(31)29-21-6-2-4-18(14-21)24-25(28-12-11-27-24)19-5-3-13-30(15-19)23(32)16-33-22-9-7-20(26)8-10-22/h2,4,6-12,14,19H,3,5,13,15-16H2,1H3,(H,29,31). The number of hydrogen-bond donors (Lipinski definition) is 1. The van der Waals surface area contributed by atoms with Crippen molar-refractivity contribution in [2.45, 2.75) is 25.7 Å². The number of carbonyl (C=O) groups is 2. The van der Waals surface area contributed by atoms with E-state index in [4.69, 9.17) is 4.74 Å². The number of nitrogens with one attached hydrogen (secondary N) is 1. The molecule has 1 fully saturated rings. The fourth-order valence-corrected chi connectivity index (χ4v) is 4.01. The highest BCUT2D eigenvalue weighted by Gasteiger charge is 2.28. The minimum atomic E-state index is -0.352. The second-order valence-electron chi connectivity index (χ2n) is 7.97. The molecule has 1 aromatic heterocycles. The second kappa shape index (κ2) is 10.2. The quantitative estimate of drug-likeness (QED) is 0.616. The van der Waals surface area contributed by atoms with Gasteiger partial charge in [-0.2, -0.15) is 0 Å². The predicted molar refractivity (Wildman–Crippen MR) is 122 cm³/mol. The van der Waals surface area contributed by atoms with Crippen LogP contribution in [0.1, 0.15) is 31.4 Å². The molecule has 1 N–H and O–H groups in total. The summed E-state index contributed by atoms with van der Waals surface area (Å²) in [6.45, 7) is 2.52. The van der Waals surface area contributed by atoms with E-state index in [1.54, 1.807) is 17.3 Å². The number of ether oxygens (including phenoxy) is 1. The molecule has 170 valence electrons. The van der Waals surface area contributed by atoms with Gasteiger partial charge in [0.05, 0.1) is 11.4 Å². The number of likely N-dealkylation sites (tertiary alicyclic amines) is 1. The van der Waals surface area contributed by atoms with Crippen molar-refractivity contribution in [3.8, 4) is 17.0 Å². The molecule has 33 heavy (non-hydrogen) atoms. The van der Waals surface area contributed by atoms with Gasteiger partial charge in [-0.05, 0) is 49.2 Å². The minimum Gasteiger partial charge on any atom is -0.484 e. The number of halogens is 1. The third-order valence-corrected chi connectivity index (χ3v) is 5.52. The van der Waals surface area contributed by atoms with Crippen molar-refractivity contribution in [3.05, 3.63) is 72.4 Å². The van der Waals surface area contributed by atoms with E-state index in [1.807, 2.05) is 24.3 Å². The summed E-state index contributed by atoms with van der Waals surface area (Å²) < 4.78 is 18.6. The molecule has 0 radical (unpaired) electrons. The molecule has 3 aromatic rings. The molecule has 2 heterocycles. The van der Waals surface area contributed by atoms with E-state index in [2.05, 4.69) is 15.3 Å². The number of anilines is 1. The monoisotopic (exact) mass is 448 g/mol. The Bertz CT molecular complexity index is 1140. The van der Waals surface area contributed by atoms with Crippen LogP contribution in [0.5, 0.6) is 5.75 Å². The lowest BCUT2D eigenvalue weighted by molar-refractivity contribution is -0.134. The van der Waals surface area contributed by atoms with Crippen LogP contribution in [0, 0.1) is 5.82 Å². The second-order valence-corrected chi connectivity index (χ2v) is 7.97. The molecule has 0 saturated carbocycles. The number of carbonyl (C=O) groups excluding carboxylic acids is 2. The molecule has 2 amide bonds. The van der Waals surface area contributed by atoms with Gasteiger partial charge in [0, 0.05) is 49.6 Å². The first-order valence-corrected chi connectivity index (χ1v) is 10.8. The third-order valence-electron chi connectivity index (χ3n) is 5.52. The molecule has 1 atom stereocenters. The third kappa shape index (κ3) is 5.71. The Morgan fingerprint density at radius 2 is 1.94 bits per heavy atom. The summed E-state index contributed by atoms with van der Waals surface area (Å²) in [5, 5.41) is 2.79. The lowest BCUT2D eigenvalue weighted by Crippen LogP contribution is -2.41. The van der Waals surface area contributed by atoms with E-state index in [9.17, 15) is 14.0 Å². The molecule has 1 unspecified atom stereocenters. The minimum absolute atomic E-state index is 0.0293. The van der Waals surface area contributed by atoms with Gasteiger partial charge in [-0.15, -0.1) is 0 Å². The fourth-order valence-electron chi connectivity index (χ4n) is 4.01. The topological polar surface area (TPSA) is 84.4 Å². The average Bonchev–Trinajstić information content (AvgIpc) is 2.83. The molecule has 1 aliphatic heterocycles. The first kappa shape index (κ1) is 22.4. The predicted octanol–water partition coefficient (Wildman–Crippen LogP) is 4.03. The van der Waals surface area contributed by atoms with E-state index in [-0.39, 0.29) is 30.2 Å². The van der Waals surface area contributed by atoms with Gasteiger partial charge in [-0.1, -0.05) is 12.1 Å². The van der Waals surface area contributed by atoms with Crippen molar-refractivity contribution in [1.29, 1.82) is 0 Å². The fraction of sp³-hybridized carbons (Fsp3) is 0.280. The zero-order valence-corrected chi connectivity index (χ0v) is 18.3. The van der Waals surface area contributed by atoms with E-state index < -0.39 is 0 Å². The van der Waals surface area contributed by atoms with Crippen LogP contribution in [0.2, 0.25) is 0 Å². The Kier molecular flexibility index (Phi) is 6.92. The summed E-state index contributed by atoms with van der Waals surface area (Å²) in [6, 6.07) is 13.1. The Morgan fingerprint density at radius 3 is 2.73 bits per heavy atom. The van der Waals surface area contributed by atoms with Crippen LogP contribution in [-0.4, -0.2) is 46.4 Å². The number of nitrogens with zero attached hydrogens (tertiary/aromatic N) is 3. The van der Waals surface area contributed by atoms with E-state index in [0.717, 1.165) is 29.8 Å². The normalized spacial score (nSPS) is 15.7. The molecule has 1 aliphatic rings. The Balaban J connectivity index is 1.48. The van der Waals surface area contributed by atoms with Gasteiger partial charge in [0.15, 0.2) is 6.61 Å². The first-order valence-electron chi connectivity index (χ1n) is 10.8. The van der Waals surface area contributed by atoms with Crippen LogP contribution in [0.3, 0.4) is 0 Å². The van der Waals surface area contributed by atoms with Crippen LogP contribution in [0.15, 0.2) is 60.9 Å². The summed E-state index contributed by atoms with van der Waals surface area (Å²) in [4.78, 5) is 35.2. The number of piperidine rings is 1. The molecule has 7 nitrogen and oxygen atoms in total. The summed E-state index contributed by atoms with van der Waals surface area (Å²) >= 11 is 0. The average molecular weight is 448 g/mol. The summed E-state index contributed by atoms with van der Waals surface area (Å²) in [7, 11) is 0. The van der Waals surface area contributed by atoms with Crippen molar-refractivity contribution < 1.29 is 18.7 Å². The van der Waals surface area contributed by atoms with Crippen LogP contribution in [-0.2, 0) is 9.59 Å². The molecule has 2 aromatic carbocycles. The maximum absolute atomic E-state index is 13.1. The first-order chi connectivity index (χ1) is 16.0. The van der Waals surface area contributed by atoms with Crippen molar-refractivity contribution in [2.24, 2.45) is 0 Å². The Labute approximate surface area is 191 Å². The zero-order valence-electron chi connectivity index (χ0n) is 18.3. The van der Waals surface area contributed by atoms with Gasteiger partial charge in [-0.3, -0.25) is 19.6 Å². The number of aromatic nitrogens is 2. The van der Waals surface area contributed by atoms with Crippen molar-refractivity contribution in [2.75, 3.05) is 25.0 Å². The maximum atomic E-state index is 13.1. The van der Waals surface area contributed by atoms with Gasteiger partial charge < -0.3 is 15.0 Å². The van der Waals surface area contributed by atoms with Crippen LogP contribution < -0.4 is 10.1 Å². The maximum Gasteiger partial charge on any atom is 0.260 e. The van der Waals surface area contributed by atoms with Gasteiger partial charge in [0.25, 0.3) is 5.91 Å². The van der Waals surface area contributed by atoms with Crippen LogP contribution >= 0.6 is 0 Å². The van der Waals surface area contributed by atoms with Gasteiger partial charge in [0.2, 0.25) is 5.91 Å². The largest absolute Gasteiger partial charge is 0.484 e. The summed E-state index contributed by atoms with van der Waals surface area (Å²) in [5.74, 6) is -0.136. The molecule has 4 rings (SSSR count). The molecule has 1 saturated heterocycles. The highest BCUT2D eigenvalue weighted by atomic mass is 19.1. The SMILES string of the molecule is CC(=O)Nc1cccc(-c2nccnc2C2CCCN(C(=O)COc3ccc(F)cc3)C2)c1. The van der Waals surface area contributed by atoms with Crippen molar-refractivity contribution in [1.82, 2.24) is 14.9 Å². The molecule has 0 spiro atoms. The van der Waals surface area contributed by atoms with E-state index >= 15 is 0 Å². The summed E-state index contributed by atoms with van der Waals surface area (Å²) in [5.41, 5.74) is 3.11. The number of rotatable bonds is 6. The Morgan fingerprint density at radius 1 is 1.15 bits per heavy atom. The molecular formula is C25H25FN4O3. The van der Waals surface area contributed by atoms with Gasteiger partial charge in [0.1, 0.15) is 11.6 Å². The highest BCUT2D eigenvalue weighted by molar-refractivity contribution is 5.89. The smallest absolute Gasteiger partial charge is 0.260 e. The van der Waals surface area contributed by atoms with Crippen molar-refractivity contribution in [3.63, 3.8) is 0 Å². The zero-order chi connectivity index (χ0) is 23.2. The highest BCUT2D eigenvalue weighted by Crippen LogP contribution is 2.32. The van der Waals surface area contributed by atoms with Crippen LogP contribution in [0.25, 0.3) is 11.3 Å². The van der Waals surface area contributed by atoms with E-state index in [0.29, 0.717) is 24.5 Å². The van der Waals surface area contributed by atoms with E-state index in [1.165, 1.54) is 31.2 Å². The lowest BCUT2D eigenvalue weighted by atomic mass is 9.91. The number of benzene rings is 2. The molecular weight excluding hydrogens is 423 g/mol. The number of hydrogen-bond acceptors (Lipinski definition) is 5. The Hall–Kier alpha value is -3.81. The molecule has 0 bridgehead atoms.